The summed E-state index contributed by atoms with van der Waals surface area (Å²) in [5, 5.41) is 2.71. The fraction of sp³-hybridized carbons (Fsp3) is 0.533. The van der Waals surface area contributed by atoms with Crippen molar-refractivity contribution >= 4 is 28.3 Å². The van der Waals surface area contributed by atoms with Crippen molar-refractivity contribution in [1.82, 2.24) is 10.0 Å². The van der Waals surface area contributed by atoms with Crippen LogP contribution in [0.2, 0.25) is 0 Å². The highest BCUT2D eigenvalue weighted by Gasteiger charge is 2.22. The molecular weight excluding hydrogens is 338 g/mol. The third-order valence-electron chi connectivity index (χ3n) is 2.57. The number of rotatable bonds is 5. The van der Waals surface area contributed by atoms with Gasteiger partial charge in [-0.15, -0.1) is 12.4 Å². The Balaban J connectivity index is 0.00000484. The zero-order valence-corrected chi connectivity index (χ0v) is 15.8. The summed E-state index contributed by atoms with van der Waals surface area (Å²) in [4.78, 5) is 12.1. The van der Waals surface area contributed by atoms with Crippen LogP contribution in [-0.4, -0.2) is 31.9 Å². The topological polar surface area (TPSA) is 101 Å². The summed E-state index contributed by atoms with van der Waals surface area (Å²) in [5.74, 6) is -0.286. The lowest BCUT2D eigenvalue weighted by Crippen LogP contribution is -2.45. The zero-order valence-electron chi connectivity index (χ0n) is 14.1. The molecule has 8 heteroatoms. The van der Waals surface area contributed by atoms with Gasteiger partial charge in [-0.1, -0.05) is 0 Å². The van der Waals surface area contributed by atoms with Gasteiger partial charge in [0.05, 0.1) is 4.90 Å². The lowest BCUT2D eigenvalue weighted by molar-refractivity contribution is 0.0946. The summed E-state index contributed by atoms with van der Waals surface area (Å²) in [6.45, 7) is 9.24. The van der Waals surface area contributed by atoms with Crippen molar-refractivity contribution in [3.05, 3.63) is 29.8 Å². The van der Waals surface area contributed by atoms with Crippen molar-refractivity contribution < 1.29 is 13.2 Å². The van der Waals surface area contributed by atoms with Gasteiger partial charge in [-0.05, 0) is 58.9 Å². The van der Waals surface area contributed by atoms with E-state index >= 15 is 0 Å². The molecule has 0 aliphatic heterocycles. The second-order valence-corrected chi connectivity index (χ2v) is 8.73. The molecule has 0 spiro atoms. The molecular formula is C15H26ClN3O3S. The molecule has 0 radical (unpaired) electrons. The van der Waals surface area contributed by atoms with Gasteiger partial charge < -0.3 is 11.1 Å². The molecule has 0 unspecified atom stereocenters. The zero-order chi connectivity index (χ0) is 17.2. The van der Waals surface area contributed by atoms with Crippen LogP contribution in [0.15, 0.2) is 29.2 Å². The van der Waals surface area contributed by atoms with Crippen LogP contribution in [0.3, 0.4) is 0 Å². The number of carbonyl (C=O) groups excluding carboxylic acids is 1. The predicted octanol–water partition coefficient (Wildman–Crippen LogP) is 1.65. The van der Waals surface area contributed by atoms with Gasteiger partial charge in [-0.2, -0.15) is 0 Å². The van der Waals surface area contributed by atoms with E-state index in [9.17, 15) is 13.2 Å². The van der Waals surface area contributed by atoms with E-state index in [-0.39, 0.29) is 23.2 Å². The van der Waals surface area contributed by atoms with Crippen molar-refractivity contribution in [2.24, 2.45) is 5.73 Å². The van der Waals surface area contributed by atoms with Gasteiger partial charge in [0.1, 0.15) is 0 Å². The van der Waals surface area contributed by atoms with Gasteiger partial charge in [0, 0.05) is 23.2 Å². The fourth-order valence-corrected chi connectivity index (χ4v) is 3.08. The van der Waals surface area contributed by atoms with E-state index in [1.165, 1.54) is 24.3 Å². The van der Waals surface area contributed by atoms with Crippen molar-refractivity contribution in [1.29, 1.82) is 0 Å². The van der Waals surface area contributed by atoms with Gasteiger partial charge in [-0.3, -0.25) is 4.79 Å². The van der Waals surface area contributed by atoms with Crippen LogP contribution in [-0.2, 0) is 10.0 Å². The first-order chi connectivity index (χ1) is 9.80. The maximum absolute atomic E-state index is 12.2. The van der Waals surface area contributed by atoms with Crippen LogP contribution >= 0.6 is 12.4 Å². The minimum atomic E-state index is -3.60. The van der Waals surface area contributed by atoms with Crippen LogP contribution in [0.25, 0.3) is 0 Å². The summed E-state index contributed by atoms with van der Waals surface area (Å²) in [5.41, 5.74) is 5.12. The number of nitrogens with one attached hydrogen (secondary N) is 2. The summed E-state index contributed by atoms with van der Waals surface area (Å²) in [6, 6.07) is 5.79. The molecule has 0 bridgehead atoms. The molecule has 0 saturated carbocycles. The Morgan fingerprint density at radius 3 is 1.96 bits per heavy atom. The average Bonchev–Trinajstić information content (AvgIpc) is 2.32. The average molecular weight is 364 g/mol. The van der Waals surface area contributed by atoms with Crippen LogP contribution in [0.4, 0.5) is 0 Å². The molecule has 0 aliphatic carbocycles. The maximum atomic E-state index is 12.2. The molecule has 0 saturated heterocycles. The van der Waals surface area contributed by atoms with E-state index in [0.717, 1.165) is 0 Å². The van der Waals surface area contributed by atoms with Crippen molar-refractivity contribution in [3.63, 3.8) is 0 Å². The summed E-state index contributed by atoms with van der Waals surface area (Å²) in [6.07, 6.45) is 0. The molecule has 1 amide bonds. The lowest BCUT2D eigenvalue weighted by atomic mass is 10.1. The van der Waals surface area contributed by atoms with Gasteiger partial charge in [-0.25, -0.2) is 13.1 Å². The highest BCUT2D eigenvalue weighted by molar-refractivity contribution is 7.89. The minimum Gasteiger partial charge on any atom is -0.350 e. The number of hydrogen-bond acceptors (Lipinski definition) is 4. The van der Waals surface area contributed by atoms with Gasteiger partial charge in [0.2, 0.25) is 10.0 Å². The first kappa shape index (κ1) is 21.9. The highest BCUT2D eigenvalue weighted by atomic mass is 35.5. The molecule has 0 aromatic heterocycles. The lowest BCUT2D eigenvalue weighted by Gasteiger charge is -2.20. The number of halogens is 1. The van der Waals surface area contributed by atoms with Crippen LogP contribution in [0, 0.1) is 0 Å². The first-order valence-electron chi connectivity index (χ1n) is 7.01. The third kappa shape index (κ3) is 7.78. The number of hydrogen-bond donors (Lipinski definition) is 3. The number of sulfonamides is 1. The molecule has 4 N–H and O–H groups in total. The van der Waals surface area contributed by atoms with E-state index in [4.69, 9.17) is 5.73 Å². The molecule has 0 aliphatic rings. The molecule has 23 heavy (non-hydrogen) atoms. The van der Waals surface area contributed by atoms with Gasteiger partial charge in [0.25, 0.3) is 5.91 Å². The van der Waals surface area contributed by atoms with Gasteiger partial charge in [0.15, 0.2) is 0 Å². The Morgan fingerprint density at radius 2 is 1.57 bits per heavy atom. The van der Waals surface area contributed by atoms with Crippen molar-refractivity contribution in [3.8, 4) is 0 Å². The normalized spacial score (nSPS) is 12.4. The maximum Gasteiger partial charge on any atom is 0.251 e. The monoisotopic (exact) mass is 363 g/mol. The van der Waals surface area contributed by atoms with E-state index in [1.54, 1.807) is 34.6 Å². The molecule has 1 aromatic carbocycles. The van der Waals surface area contributed by atoms with E-state index < -0.39 is 21.1 Å². The number of amides is 1. The fourth-order valence-electron chi connectivity index (χ4n) is 1.66. The molecule has 0 heterocycles. The Kier molecular flexibility index (Phi) is 7.23. The number of nitrogens with two attached hydrogens (primary N) is 1. The Labute approximate surface area is 144 Å². The van der Waals surface area contributed by atoms with Gasteiger partial charge >= 0.3 is 0 Å². The predicted molar refractivity (Wildman–Crippen MR) is 94.4 cm³/mol. The van der Waals surface area contributed by atoms with E-state index in [1.807, 2.05) is 0 Å². The largest absolute Gasteiger partial charge is 0.350 e. The standard InChI is InChI=1S/C15H25N3O3S.ClH/c1-14(2,3)18-22(20,21)12-8-6-11(7-9-12)13(19)17-10-15(4,5)16;/h6-9,18H,10,16H2,1-5H3,(H,17,19);1H. The second-order valence-electron chi connectivity index (χ2n) is 7.05. The summed E-state index contributed by atoms with van der Waals surface area (Å²) >= 11 is 0. The highest BCUT2D eigenvalue weighted by Crippen LogP contribution is 2.14. The molecule has 0 atom stereocenters. The molecule has 6 nitrogen and oxygen atoms in total. The van der Waals surface area contributed by atoms with Crippen molar-refractivity contribution in [2.75, 3.05) is 6.54 Å². The van der Waals surface area contributed by atoms with Crippen LogP contribution in [0.1, 0.15) is 45.0 Å². The quantitative estimate of drug-likeness (QED) is 0.740. The van der Waals surface area contributed by atoms with Crippen LogP contribution < -0.4 is 15.8 Å². The molecule has 1 rings (SSSR count). The smallest absolute Gasteiger partial charge is 0.251 e. The third-order valence-corrected chi connectivity index (χ3v) is 4.35. The van der Waals surface area contributed by atoms with Crippen LogP contribution in [0.5, 0.6) is 0 Å². The Hall–Kier alpha value is -1.15. The number of benzene rings is 1. The summed E-state index contributed by atoms with van der Waals surface area (Å²) < 4.78 is 26.9. The molecule has 132 valence electrons. The van der Waals surface area contributed by atoms with Crippen molar-refractivity contribution in [2.45, 2.75) is 50.6 Å². The van der Waals surface area contributed by atoms with E-state index in [0.29, 0.717) is 12.1 Å². The minimum absolute atomic E-state index is 0. The Morgan fingerprint density at radius 1 is 1.09 bits per heavy atom. The Bertz CT molecular complexity index is 629. The molecule has 1 aromatic rings. The van der Waals surface area contributed by atoms with E-state index in [2.05, 4.69) is 10.0 Å². The summed E-state index contributed by atoms with van der Waals surface area (Å²) in [7, 11) is -3.60. The molecule has 0 fully saturated rings. The number of carbonyl (C=O) groups is 1. The second kappa shape index (κ2) is 7.61. The SMILES string of the molecule is CC(C)(N)CNC(=O)c1ccc(S(=O)(=O)NC(C)(C)C)cc1.Cl. The first-order valence-corrected chi connectivity index (χ1v) is 8.50.